The first kappa shape index (κ1) is 24.3. The molecule has 2 aliphatic heterocycles. The van der Waals surface area contributed by atoms with Gasteiger partial charge in [0.05, 0.1) is 24.9 Å². The van der Waals surface area contributed by atoms with Crippen LogP contribution in [-0.4, -0.2) is 52.4 Å². The number of amides is 1. The van der Waals surface area contributed by atoms with Crippen LogP contribution in [0.4, 0.5) is 13.2 Å². The molecule has 2 aromatic rings. The quantitative estimate of drug-likeness (QED) is 0.616. The number of fused-ring (bicyclic) bond motifs is 1. The Kier molecular flexibility index (Phi) is 6.64. The molecule has 1 aromatic carbocycles. The fourth-order valence-corrected chi connectivity index (χ4v) is 4.71. The second-order valence-corrected chi connectivity index (χ2v) is 9.41. The van der Waals surface area contributed by atoms with Gasteiger partial charge in [0.2, 0.25) is 11.8 Å². The van der Waals surface area contributed by atoms with Crippen LogP contribution in [0.5, 0.6) is 5.75 Å². The van der Waals surface area contributed by atoms with Crippen molar-refractivity contribution >= 4 is 17.5 Å². The Balaban J connectivity index is 1.09. The highest BCUT2D eigenvalue weighted by Gasteiger charge is 2.43. The van der Waals surface area contributed by atoms with E-state index in [1.165, 1.54) is 0 Å². The number of aliphatic hydroxyl groups excluding tert-OH is 1. The first-order valence-corrected chi connectivity index (χ1v) is 11.7. The van der Waals surface area contributed by atoms with Crippen LogP contribution in [0, 0.1) is 0 Å². The van der Waals surface area contributed by atoms with Gasteiger partial charge in [0, 0.05) is 22.9 Å². The molecule has 9 nitrogen and oxygen atoms in total. The number of hydrogen-bond donors (Lipinski definition) is 2. The van der Waals surface area contributed by atoms with Crippen molar-refractivity contribution < 1.29 is 41.7 Å². The number of rotatable bonds is 5. The lowest BCUT2D eigenvalue weighted by Crippen LogP contribution is -2.48. The molecular weight excluding hydrogens is 495 g/mol. The predicted octanol–water partition coefficient (Wildman–Crippen LogP) is 3.73. The van der Waals surface area contributed by atoms with Gasteiger partial charge >= 0.3 is 6.36 Å². The van der Waals surface area contributed by atoms with Crippen molar-refractivity contribution in [3.05, 3.63) is 40.6 Å². The van der Waals surface area contributed by atoms with Gasteiger partial charge in [0.1, 0.15) is 11.9 Å². The number of hydrogen-bond acceptors (Lipinski definition) is 8. The van der Waals surface area contributed by atoms with E-state index in [4.69, 9.17) is 25.5 Å². The molecule has 0 unspecified atom stereocenters. The summed E-state index contributed by atoms with van der Waals surface area (Å²) in [5, 5.41) is 21.7. The molecule has 0 radical (unpaired) electrons. The Morgan fingerprint density at radius 3 is 2.66 bits per heavy atom. The summed E-state index contributed by atoms with van der Waals surface area (Å²) in [7, 11) is 0. The van der Waals surface area contributed by atoms with Gasteiger partial charge in [-0.25, -0.2) is 0 Å². The Morgan fingerprint density at radius 1 is 1.17 bits per heavy atom. The van der Waals surface area contributed by atoms with Gasteiger partial charge in [0.25, 0.3) is 5.91 Å². The number of carbonyl (C=O) groups is 1. The summed E-state index contributed by atoms with van der Waals surface area (Å²) >= 11 is 5.96. The van der Waals surface area contributed by atoms with Crippen LogP contribution in [0.25, 0.3) is 0 Å². The van der Waals surface area contributed by atoms with Gasteiger partial charge in [-0.3, -0.25) is 9.53 Å². The molecule has 1 aromatic heterocycles. The predicted molar refractivity (Wildman–Crippen MR) is 113 cm³/mol. The van der Waals surface area contributed by atoms with E-state index in [-0.39, 0.29) is 55.5 Å². The molecule has 3 heterocycles. The maximum absolute atomic E-state index is 12.7. The normalized spacial score (nSPS) is 30.7. The maximum Gasteiger partial charge on any atom is 0.522 e. The average molecular weight is 518 g/mol. The van der Waals surface area contributed by atoms with E-state index in [0.29, 0.717) is 29.2 Å². The molecule has 35 heavy (non-hydrogen) atoms. The number of carbonyl (C=O) groups excluding carboxylic acids is 1. The zero-order valence-electron chi connectivity index (χ0n) is 18.3. The highest BCUT2D eigenvalue weighted by atomic mass is 35.5. The standard InChI is InChI=1S/C22H23ClF3N3O6/c23-11-1-3-16-14(7-11)15(30)8-18(33-16)19(31)27-12-2-4-17(32-9-12)21-29-28-20(34-21)10-5-13(6-10)35-22(24,25)26/h1,3,7,10,12-13,15,17-18,30H,2,4-6,8-9H2,(H,27,31)/t10?,12-,13?,15+,17+,18+/m1/s1. The summed E-state index contributed by atoms with van der Waals surface area (Å²) in [5.74, 6) is 0.335. The van der Waals surface area contributed by atoms with Crippen LogP contribution < -0.4 is 10.1 Å². The number of aromatic nitrogens is 2. The summed E-state index contributed by atoms with van der Waals surface area (Å²) in [6.45, 7) is 0.209. The fourth-order valence-electron chi connectivity index (χ4n) is 4.53. The van der Waals surface area contributed by atoms with Crippen molar-refractivity contribution in [2.75, 3.05) is 6.61 Å². The molecule has 2 N–H and O–H groups in total. The zero-order chi connectivity index (χ0) is 24.7. The van der Waals surface area contributed by atoms with Crippen LogP contribution >= 0.6 is 11.6 Å². The van der Waals surface area contributed by atoms with Gasteiger partial charge in [-0.2, -0.15) is 0 Å². The molecule has 2 fully saturated rings. The van der Waals surface area contributed by atoms with Crippen molar-refractivity contribution in [1.29, 1.82) is 0 Å². The lowest BCUT2D eigenvalue weighted by Gasteiger charge is -2.33. The Morgan fingerprint density at radius 2 is 1.94 bits per heavy atom. The lowest BCUT2D eigenvalue weighted by atomic mass is 9.82. The third-order valence-electron chi connectivity index (χ3n) is 6.43. The minimum atomic E-state index is -4.65. The summed E-state index contributed by atoms with van der Waals surface area (Å²) < 4.78 is 58.0. The van der Waals surface area contributed by atoms with Gasteiger partial charge < -0.3 is 24.3 Å². The monoisotopic (exact) mass is 517 g/mol. The van der Waals surface area contributed by atoms with Crippen LogP contribution in [0.3, 0.4) is 0 Å². The first-order chi connectivity index (χ1) is 16.6. The van der Waals surface area contributed by atoms with E-state index >= 15 is 0 Å². The van der Waals surface area contributed by atoms with Crippen LogP contribution in [0.15, 0.2) is 22.6 Å². The molecule has 5 rings (SSSR count). The first-order valence-electron chi connectivity index (χ1n) is 11.3. The van der Waals surface area contributed by atoms with Crippen molar-refractivity contribution in [3.8, 4) is 5.75 Å². The second kappa shape index (κ2) is 9.57. The van der Waals surface area contributed by atoms with Crippen molar-refractivity contribution in [2.24, 2.45) is 0 Å². The van der Waals surface area contributed by atoms with E-state index in [9.17, 15) is 23.1 Å². The summed E-state index contributed by atoms with van der Waals surface area (Å²) in [4.78, 5) is 12.7. The van der Waals surface area contributed by atoms with Crippen LogP contribution in [-0.2, 0) is 14.3 Å². The molecular formula is C22H23ClF3N3O6. The van der Waals surface area contributed by atoms with Crippen molar-refractivity contribution in [3.63, 3.8) is 0 Å². The van der Waals surface area contributed by atoms with E-state index in [1.807, 2.05) is 0 Å². The number of ether oxygens (including phenoxy) is 3. The van der Waals surface area contributed by atoms with Crippen LogP contribution in [0.1, 0.15) is 67.6 Å². The molecule has 4 atom stereocenters. The van der Waals surface area contributed by atoms with E-state index < -0.39 is 30.8 Å². The summed E-state index contributed by atoms with van der Waals surface area (Å²) in [6, 6.07) is 4.61. The molecule has 1 saturated carbocycles. The van der Waals surface area contributed by atoms with Crippen molar-refractivity contribution in [1.82, 2.24) is 15.5 Å². The van der Waals surface area contributed by atoms with Crippen molar-refractivity contribution in [2.45, 2.75) is 74.8 Å². The zero-order valence-corrected chi connectivity index (χ0v) is 19.1. The molecule has 1 saturated heterocycles. The number of halogens is 4. The van der Waals surface area contributed by atoms with E-state index in [2.05, 4.69) is 20.3 Å². The summed E-state index contributed by atoms with van der Waals surface area (Å²) in [5.41, 5.74) is 0.551. The largest absolute Gasteiger partial charge is 0.522 e. The molecule has 190 valence electrons. The van der Waals surface area contributed by atoms with E-state index in [1.54, 1.807) is 18.2 Å². The molecule has 1 aliphatic carbocycles. The number of benzene rings is 1. The lowest BCUT2D eigenvalue weighted by molar-refractivity contribution is -0.352. The minimum Gasteiger partial charge on any atom is -0.480 e. The van der Waals surface area contributed by atoms with Gasteiger partial charge in [-0.05, 0) is 43.9 Å². The number of alkyl halides is 3. The van der Waals surface area contributed by atoms with Gasteiger partial charge in [0.15, 0.2) is 6.10 Å². The molecule has 0 spiro atoms. The summed E-state index contributed by atoms with van der Waals surface area (Å²) in [6.07, 6.45) is -6.20. The Hall–Kier alpha value is -2.41. The molecule has 1 amide bonds. The second-order valence-electron chi connectivity index (χ2n) is 8.98. The number of nitrogens with one attached hydrogen (secondary N) is 1. The Bertz CT molecular complexity index is 1070. The SMILES string of the molecule is O=C(N[C@@H]1CC[C@@H](c2nnc(C3CC(OC(F)(F)F)C3)o2)OC1)[C@@H]1C[C@H](O)c2cc(Cl)ccc2O1. The average Bonchev–Trinajstić information content (AvgIpc) is 3.26. The minimum absolute atomic E-state index is 0.107. The maximum atomic E-state index is 12.7. The molecule has 0 bridgehead atoms. The Labute approximate surface area is 202 Å². The molecule has 3 aliphatic rings. The number of nitrogens with zero attached hydrogens (tertiary/aromatic N) is 2. The fraction of sp³-hybridized carbons (Fsp3) is 0.591. The smallest absolute Gasteiger partial charge is 0.480 e. The highest BCUT2D eigenvalue weighted by molar-refractivity contribution is 6.30. The number of aliphatic hydroxyl groups is 1. The third kappa shape index (κ3) is 5.55. The van der Waals surface area contributed by atoms with Crippen LogP contribution in [0.2, 0.25) is 5.02 Å². The third-order valence-corrected chi connectivity index (χ3v) is 6.66. The van der Waals surface area contributed by atoms with E-state index in [0.717, 1.165) is 0 Å². The van der Waals surface area contributed by atoms with Gasteiger partial charge in [-0.15, -0.1) is 23.4 Å². The highest BCUT2D eigenvalue weighted by Crippen LogP contribution is 2.41. The van der Waals surface area contributed by atoms with Gasteiger partial charge in [-0.1, -0.05) is 11.6 Å². The molecule has 13 heteroatoms. The topological polar surface area (TPSA) is 116 Å².